The largest absolute Gasteiger partial charge is 0.300 e. The van der Waals surface area contributed by atoms with E-state index in [0.717, 1.165) is 6.42 Å². The van der Waals surface area contributed by atoms with Gasteiger partial charge in [0.15, 0.2) is 0 Å². The van der Waals surface area contributed by atoms with E-state index in [1.54, 1.807) is 0 Å². The van der Waals surface area contributed by atoms with Crippen LogP contribution in [0.25, 0.3) is 0 Å². The quantitative estimate of drug-likeness (QED) is 0.507. The first-order valence-corrected chi connectivity index (χ1v) is 6.03. The molecule has 0 aromatic heterocycles. The molecule has 0 saturated carbocycles. The molecule has 0 aromatic rings. The average molecular weight is 208 g/mol. The number of unbranched alkanes of at least 4 members (excludes halogenated alkanes) is 1. The standard InChI is InChI=1S/C8H16O4S/c1-2-5-8(9)6-3-4-7-13(10,11)12/h2-7H2,1H3,(H,10,11,12). The van der Waals surface area contributed by atoms with E-state index < -0.39 is 10.1 Å². The van der Waals surface area contributed by atoms with Crippen molar-refractivity contribution >= 4 is 15.9 Å². The fourth-order valence-electron chi connectivity index (χ4n) is 1.01. The lowest BCUT2D eigenvalue weighted by Crippen LogP contribution is -2.05. The Balaban J connectivity index is 3.41. The van der Waals surface area contributed by atoms with Crippen molar-refractivity contribution in [3.8, 4) is 0 Å². The summed E-state index contributed by atoms with van der Waals surface area (Å²) in [6.45, 7) is 1.93. The Labute approximate surface area is 79.1 Å². The molecule has 78 valence electrons. The third-order valence-electron chi connectivity index (χ3n) is 1.64. The highest BCUT2D eigenvalue weighted by atomic mass is 32.2. The van der Waals surface area contributed by atoms with Crippen molar-refractivity contribution in [2.75, 3.05) is 5.75 Å². The van der Waals surface area contributed by atoms with Crippen LogP contribution in [-0.2, 0) is 14.9 Å². The molecular formula is C8H16O4S. The first-order chi connectivity index (χ1) is 5.95. The number of hydrogen-bond acceptors (Lipinski definition) is 3. The molecule has 0 unspecified atom stereocenters. The summed E-state index contributed by atoms with van der Waals surface area (Å²) in [7, 11) is -3.85. The third-order valence-corrected chi connectivity index (χ3v) is 2.44. The molecule has 0 amide bonds. The van der Waals surface area contributed by atoms with Gasteiger partial charge >= 0.3 is 0 Å². The summed E-state index contributed by atoms with van der Waals surface area (Å²) in [6.07, 6.45) is 2.71. The van der Waals surface area contributed by atoms with E-state index in [2.05, 4.69) is 0 Å². The summed E-state index contributed by atoms with van der Waals surface area (Å²) in [4.78, 5) is 11.0. The van der Waals surface area contributed by atoms with E-state index in [0.29, 0.717) is 25.7 Å². The summed E-state index contributed by atoms with van der Waals surface area (Å²) in [5.74, 6) is -0.0790. The lowest BCUT2D eigenvalue weighted by molar-refractivity contribution is -0.119. The van der Waals surface area contributed by atoms with E-state index in [-0.39, 0.29) is 11.5 Å². The molecule has 13 heavy (non-hydrogen) atoms. The van der Waals surface area contributed by atoms with Crippen LogP contribution in [0.4, 0.5) is 0 Å². The van der Waals surface area contributed by atoms with Crippen molar-refractivity contribution in [2.24, 2.45) is 0 Å². The normalized spacial score (nSPS) is 11.5. The van der Waals surface area contributed by atoms with Gasteiger partial charge in [0.25, 0.3) is 10.1 Å². The van der Waals surface area contributed by atoms with Crippen LogP contribution in [0.15, 0.2) is 0 Å². The monoisotopic (exact) mass is 208 g/mol. The lowest BCUT2D eigenvalue weighted by Gasteiger charge is -1.98. The summed E-state index contributed by atoms with van der Waals surface area (Å²) in [6, 6.07) is 0. The van der Waals surface area contributed by atoms with Crippen LogP contribution in [0.5, 0.6) is 0 Å². The molecule has 0 saturated heterocycles. The van der Waals surface area contributed by atoms with Crippen LogP contribution in [0.1, 0.15) is 39.0 Å². The number of carbonyl (C=O) groups is 1. The maximum Gasteiger partial charge on any atom is 0.264 e. The van der Waals surface area contributed by atoms with Gasteiger partial charge < -0.3 is 0 Å². The maximum atomic E-state index is 11.0. The summed E-state index contributed by atoms with van der Waals surface area (Å²) in [5, 5.41) is 0. The molecule has 0 spiro atoms. The third kappa shape index (κ3) is 9.49. The minimum Gasteiger partial charge on any atom is -0.300 e. The number of ketones is 1. The molecule has 0 aliphatic carbocycles. The number of Topliss-reactive ketones (excluding diaryl/α,β-unsaturated/α-hetero) is 1. The second kappa shape index (κ2) is 6.10. The van der Waals surface area contributed by atoms with Crippen LogP contribution in [0.3, 0.4) is 0 Å². The van der Waals surface area contributed by atoms with Gasteiger partial charge in [-0.2, -0.15) is 8.42 Å². The Kier molecular flexibility index (Phi) is 5.90. The van der Waals surface area contributed by atoms with Crippen molar-refractivity contribution in [1.82, 2.24) is 0 Å². The smallest absolute Gasteiger partial charge is 0.264 e. The molecule has 0 atom stereocenters. The summed E-state index contributed by atoms with van der Waals surface area (Å²) in [5.41, 5.74) is 0. The number of rotatable bonds is 7. The topological polar surface area (TPSA) is 71.4 Å². The molecule has 0 bridgehead atoms. The average Bonchev–Trinajstić information content (AvgIpc) is 1.97. The minimum absolute atomic E-state index is 0.165. The molecule has 4 nitrogen and oxygen atoms in total. The number of carbonyl (C=O) groups excluding carboxylic acids is 1. The zero-order chi connectivity index (χ0) is 10.3. The Morgan fingerprint density at radius 1 is 1.23 bits per heavy atom. The van der Waals surface area contributed by atoms with Crippen molar-refractivity contribution in [2.45, 2.75) is 39.0 Å². The van der Waals surface area contributed by atoms with E-state index in [1.165, 1.54) is 0 Å². The van der Waals surface area contributed by atoms with Gasteiger partial charge in [-0.05, 0) is 19.3 Å². The van der Waals surface area contributed by atoms with Crippen LogP contribution in [0, 0.1) is 0 Å². The van der Waals surface area contributed by atoms with Gasteiger partial charge in [0.05, 0.1) is 5.75 Å². The predicted molar refractivity (Wildman–Crippen MR) is 50.2 cm³/mol. The summed E-state index contributed by atoms with van der Waals surface area (Å²) < 4.78 is 28.9. The Hall–Kier alpha value is -0.420. The van der Waals surface area contributed by atoms with Crippen molar-refractivity contribution in [1.29, 1.82) is 0 Å². The second-order valence-corrected chi connectivity index (χ2v) is 4.60. The molecule has 0 fully saturated rings. The lowest BCUT2D eigenvalue weighted by atomic mass is 10.1. The van der Waals surface area contributed by atoms with Gasteiger partial charge in [0.2, 0.25) is 0 Å². The van der Waals surface area contributed by atoms with Gasteiger partial charge in [0.1, 0.15) is 5.78 Å². The van der Waals surface area contributed by atoms with Crippen molar-refractivity contribution in [3.05, 3.63) is 0 Å². The van der Waals surface area contributed by atoms with Crippen LogP contribution < -0.4 is 0 Å². The molecule has 1 N–H and O–H groups in total. The molecule has 0 aliphatic rings. The Morgan fingerprint density at radius 3 is 2.31 bits per heavy atom. The van der Waals surface area contributed by atoms with Gasteiger partial charge in [0, 0.05) is 12.8 Å². The van der Waals surface area contributed by atoms with E-state index in [1.807, 2.05) is 6.92 Å². The number of hydrogen-bond donors (Lipinski definition) is 1. The van der Waals surface area contributed by atoms with E-state index in [4.69, 9.17) is 4.55 Å². The molecular weight excluding hydrogens is 192 g/mol. The first kappa shape index (κ1) is 12.6. The van der Waals surface area contributed by atoms with Crippen LogP contribution in [0.2, 0.25) is 0 Å². The molecule has 0 aliphatic heterocycles. The minimum atomic E-state index is -3.85. The molecule has 5 heteroatoms. The fraction of sp³-hybridized carbons (Fsp3) is 0.875. The zero-order valence-electron chi connectivity index (χ0n) is 7.82. The Bertz CT molecular complexity index is 243. The van der Waals surface area contributed by atoms with Crippen molar-refractivity contribution in [3.63, 3.8) is 0 Å². The van der Waals surface area contributed by atoms with Crippen LogP contribution >= 0.6 is 0 Å². The van der Waals surface area contributed by atoms with E-state index >= 15 is 0 Å². The molecule has 0 aromatic carbocycles. The molecule has 0 heterocycles. The molecule has 0 radical (unpaired) electrons. The van der Waals surface area contributed by atoms with Crippen LogP contribution in [-0.4, -0.2) is 24.5 Å². The second-order valence-electron chi connectivity index (χ2n) is 3.03. The highest BCUT2D eigenvalue weighted by Gasteiger charge is 2.05. The van der Waals surface area contributed by atoms with E-state index in [9.17, 15) is 13.2 Å². The SMILES string of the molecule is CCCC(=O)CCCCS(=O)(=O)O. The highest BCUT2D eigenvalue weighted by Crippen LogP contribution is 2.02. The van der Waals surface area contributed by atoms with Gasteiger partial charge in [-0.25, -0.2) is 0 Å². The predicted octanol–water partition coefficient (Wildman–Crippen LogP) is 1.41. The molecule has 0 rings (SSSR count). The Morgan fingerprint density at radius 2 is 1.85 bits per heavy atom. The van der Waals surface area contributed by atoms with Gasteiger partial charge in [-0.1, -0.05) is 6.92 Å². The summed E-state index contributed by atoms with van der Waals surface area (Å²) >= 11 is 0. The zero-order valence-corrected chi connectivity index (χ0v) is 8.64. The first-order valence-electron chi connectivity index (χ1n) is 4.42. The maximum absolute atomic E-state index is 11.0. The van der Waals surface area contributed by atoms with Gasteiger partial charge in [-0.3, -0.25) is 9.35 Å². The van der Waals surface area contributed by atoms with Crippen molar-refractivity contribution < 1.29 is 17.8 Å². The highest BCUT2D eigenvalue weighted by molar-refractivity contribution is 7.85. The fourth-order valence-corrected chi connectivity index (χ4v) is 1.58. The van der Waals surface area contributed by atoms with Gasteiger partial charge in [-0.15, -0.1) is 0 Å².